The Hall–Kier alpha value is -3.94. The number of rotatable bonds is 1. The molecular weight excluding hydrogens is 610 g/mol. The van der Waals surface area contributed by atoms with Gasteiger partial charge in [0.25, 0.3) is 5.91 Å². The summed E-state index contributed by atoms with van der Waals surface area (Å²) in [6.45, 7) is 9.69. The van der Waals surface area contributed by atoms with Crippen molar-refractivity contribution in [3.63, 3.8) is 0 Å². The van der Waals surface area contributed by atoms with Crippen LogP contribution in [0, 0.1) is 36.5 Å². The summed E-state index contributed by atoms with van der Waals surface area (Å²) < 4.78 is 0. The first kappa shape index (κ1) is 37.5. The van der Waals surface area contributed by atoms with Crippen molar-refractivity contribution in [2.24, 2.45) is 29.6 Å². The second-order valence-corrected chi connectivity index (χ2v) is 12.8. The number of aliphatic hydroxyl groups is 5. The number of ketones is 3. The highest BCUT2D eigenvalue weighted by Crippen LogP contribution is 2.41. The van der Waals surface area contributed by atoms with Gasteiger partial charge in [0.15, 0.2) is 11.6 Å². The summed E-state index contributed by atoms with van der Waals surface area (Å²) in [7, 11) is 0. The Labute approximate surface area is 273 Å². The molecule has 0 saturated carbocycles. The van der Waals surface area contributed by atoms with Gasteiger partial charge < -0.3 is 41.1 Å². The van der Waals surface area contributed by atoms with Crippen molar-refractivity contribution < 1.29 is 54.9 Å². The van der Waals surface area contributed by atoms with Crippen molar-refractivity contribution in [3.05, 3.63) is 69.5 Å². The number of hydrogen-bond donors (Lipinski definition) is 8. The molecule has 0 radical (unpaired) electrons. The van der Waals surface area contributed by atoms with Gasteiger partial charge in [-0.05, 0) is 26.3 Å². The number of phenolic OH excluding ortho intramolecular Hbond substituents is 2. The van der Waals surface area contributed by atoms with E-state index in [0.29, 0.717) is 0 Å². The van der Waals surface area contributed by atoms with Crippen LogP contribution in [0.4, 0.5) is 0 Å². The highest BCUT2D eigenvalue weighted by Gasteiger charge is 2.40. The summed E-state index contributed by atoms with van der Waals surface area (Å²) in [5.74, 6) is -9.29. The minimum absolute atomic E-state index is 0.117. The number of fused-ring (bicyclic) bond motifs is 15. The number of carbonyl (C=O) groups excluding carboxylic acids is 4. The zero-order valence-corrected chi connectivity index (χ0v) is 27.6. The van der Waals surface area contributed by atoms with Crippen LogP contribution in [-0.2, 0) is 4.79 Å². The number of amides is 1. The number of allylic oxidation sites excluding steroid dienone is 5. The lowest BCUT2D eigenvalue weighted by molar-refractivity contribution is -0.116. The van der Waals surface area contributed by atoms with Crippen molar-refractivity contribution in [2.75, 3.05) is 6.61 Å². The summed E-state index contributed by atoms with van der Waals surface area (Å²) in [5.41, 5.74) is -2.50. The number of Topliss-reactive ketones (excluding diaryl/α,β-unsaturated/α-hetero) is 2. The van der Waals surface area contributed by atoms with Gasteiger partial charge in [0, 0.05) is 46.8 Å². The fourth-order valence-corrected chi connectivity index (χ4v) is 6.11. The highest BCUT2D eigenvalue weighted by molar-refractivity contribution is 6.31. The first-order valence-electron chi connectivity index (χ1n) is 15.5. The predicted octanol–water partition coefficient (Wildman–Crippen LogP) is 2.03. The molecule has 0 aromatic heterocycles. The SMILES string of the molecule is C/C1=C\C=C\C(C)C(O)C(C)C(O)C(C)C(O)C(C)C(O)C(CO)/C=C(\C)C(=O)c2c(O)c(C)c(O)c3c2C(=O)C=C(NC1=O)C3=O. The lowest BCUT2D eigenvalue weighted by atomic mass is 9.76. The third-order valence-electron chi connectivity index (χ3n) is 9.51. The first-order valence-corrected chi connectivity index (χ1v) is 15.5. The van der Waals surface area contributed by atoms with Gasteiger partial charge in [-0.25, -0.2) is 0 Å². The molecule has 8 N–H and O–H groups in total. The smallest absolute Gasteiger partial charge is 0.251 e. The van der Waals surface area contributed by atoms with Crippen LogP contribution in [0.15, 0.2) is 47.2 Å². The second-order valence-electron chi connectivity index (χ2n) is 12.8. The van der Waals surface area contributed by atoms with Gasteiger partial charge >= 0.3 is 0 Å². The molecule has 1 aliphatic carbocycles. The maximum Gasteiger partial charge on any atom is 0.251 e. The molecular formula is C35H45NO11. The first-order chi connectivity index (χ1) is 21.9. The van der Waals surface area contributed by atoms with Gasteiger partial charge in [-0.1, -0.05) is 52.0 Å². The van der Waals surface area contributed by atoms with Gasteiger partial charge in [-0.3, -0.25) is 19.2 Å². The molecule has 2 aliphatic heterocycles. The van der Waals surface area contributed by atoms with Crippen molar-refractivity contribution >= 4 is 23.3 Å². The molecule has 1 aromatic carbocycles. The summed E-state index contributed by atoms with van der Waals surface area (Å²) in [5, 5.41) is 78.6. The Morgan fingerprint density at radius 1 is 0.702 bits per heavy atom. The van der Waals surface area contributed by atoms with Crippen molar-refractivity contribution in [3.8, 4) is 11.5 Å². The van der Waals surface area contributed by atoms with Gasteiger partial charge in [0.1, 0.15) is 11.5 Å². The van der Waals surface area contributed by atoms with E-state index < -0.39 is 118 Å². The van der Waals surface area contributed by atoms with Crippen LogP contribution in [0.1, 0.15) is 78.2 Å². The topological polar surface area (TPSA) is 222 Å². The standard InChI is InChI=1S/C35H45NO11/c1-14-9-8-10-15(2)35(47)36-22-12-23(38)24-25(32(44)20(7)33(45)26(24)34(22)46)28(40)16(3)11-21(13-37)31(43)19(6)30(42)18(5)29(41)17(4)27(14)39/h8-12,14,17-19,21,27,29-31,37,39,41-45H,13H2,1-7H3,(H,36,47)/b9-8+,15-10+,16-11+. The zero-order valence-electron chi connectivity index (χ0n) is 27.6. The minimum atomic E-state index is -1.44. The number of hydrogen-bond acceptors (Lipinski definition) is 11. The number of aromatic hydroxyl groups is 2. The quantitative estimate of drug-likeness (QED) is 0.219. The molecule has 2 heterocycles. The molecule has 9 atom stereocenters. The predicted molar refractivity (Wildman–Crippen MR) is 172 cm³/mol. The lowest BCUT2D eigenvalue weighted by Gasteiger charge is -2.37. The van der Waals surface area contributed by atoms with E-state index in [1.807, 2.05) is 0 Å². The largest absolute Gasteiger partial charge is 0.507 e. The third-order valence-corrected chi connectivity index (χ3v) is 9.51. The molecule has 0 saturated heterocycles. The van der Waals surface area contributed by atoms with Crippen molar-refractivity contribution in [1.29, 1.82) is 0 Å². The minimum Gasteiger partial charge on any atom is -0.507 e. The molecule has 47 heavy (non-hydrogen) atoms. The van der Waals surface area contributed by atoms with Crippen LogP contribution in [0.25, 0.3) is 0 Å². The fraction of sp³-hybridized carbons (Fsp3) is 0.486. The summed E-state index contributed by atoms with van der Waals surface area (Å²) in [6, 6.07) is 0. The van der Waals surface area contributed by atoms with E-state index in [4.69, 9.17) is 0 Å². The van der Waals surface area contributed by atoms with Crippen LogP contribution >= 0.6 is 0 Å². The second kappa shape index (κ2) is 14.9. The summed E-state index contributed by atoms with van der Waals surface area (Å²) >= 11 is 0. The van der Waals surface area contributed by atoms with E-state index in [1.54, 1.807) is 26.8 Å². The zero-order chi connectivity index (χ0) is 35.7. The Kier molecular flexibility index (Phi) is 11.9. The summed E-state index contributed by atoms with van der Waals surface area (Å²) in [6.07, 6.45) is 1.49. The molecule has 256 valence electrons. The van der Waals surface area contributed by atoms with E-state index in [9.17, 15) is 54.9 Å². The third kappa shape index (κ3) is 7.31. The normalized spacial score (nSPS) is 34.6. The molecule has 1 amide bonds. The van der Waals surface area contributed by atoms with Crippen LogP contribution in [-0.4, -0.2) is 90.0 Å². The Morgan fingerprint density at radius 2 is 1.21 bits per heavy atom. The van der Waals surface area contributed by atoms with Crippen LogP contribution < -0.4 is 5.32 Å². The van der Waals surface area contributed by atoms with Crippen LogP contribution in [0.3, 0.4) is 0 Å². The molecule has 4 bridgehead atoms. The molecule has 0 fully saturated rings. The number of benzene rings is 1. The lowest BCUT2D eigenvalue weighted by Crippen LogP contribution is -2.46. The van der Waals surface area contributed by atoms with Gasteiger partial charge in [-0.2, -0.15) is 0 Å². The Morgan fingerprint density at radius 3 is 1.77 bits per heavy atom. The number of carbonyl (C=O) groups is 4. The van der Waals surface area contributed by atoms with Gasteiger partial charge in [0.2, 0.25) is 5.78 Å². The van der Waals surface area contributed by atoms with E-state index in [2.05, 4.69) is 5.32 Å². The van der Waals surface area contributed by atoms with E-state index in [1.165, 1.54) is 45.9 Å². The number of nitrogens with one attached hydrogen (secondary N) is 1. The van der Waals surface area contributed by atoms with Crippen molar-refractivity contribution in [1.82, 2.24) is 5.32 Å². The van der Waals surface area contributed by atoms with E-state index in [-0.39, 0.29) is 16.7 Å². The van der Waals surface area contributed by atoms with Crippen LogP contribution in [0.2, 0.25) is 0 Å². The molecule has 1 aromatic rings. The van der Waals surface area contributed by atoms with Gasteiger partial charge in [-0.15, -0.1) is 0 Å². The van der Waals surface area contributed by atoms with Crippen LogP contribution in [0.5, 0.6) is 11.5 Å². The summed E-state index contributed by atoms with van der Waals surface area (Å²) in [4.78, 5) is 53.6. The Balaban J connectivity index is 2.23. The molecule has 0 spiro atoms. The van der Waals surface area contributed by atoms with E-state index >= 15 is 0 Å². The van der Waals surface area contributed by atoms with E-state index in [0.717, 1.165) is 6.08 Å². The number of phenols is 2. The average Bonchev–Trinajstić information content (AvgIpc) is 3.04. The molecule has 9 unspecified atom stereocenters. The monoisotopic (exact) mass is 655 g/mol. The highest BCUT2D eigenvalue weighted by atomic mass is 16.3. The van der Waals surface area contributed by atoms with Crippen molar-refractivity contribution in [2.45, 2.75) is 72.9 Å². The molecule has 4 rings (SSSR count). The maximum atomic E-state index is 13.8. The van der Waals surface area contributed by atoms with Gasteiger partial charge in [0.05, 0.1) is 53.4 Å². The molecule has 3 aliphatic rings. The number of aliphatic hydroxyl groups excluding tert-OH is 5. The Bertz CT molecular complexity index is 1570. The molecule has 12 nitrogen and oxygen atoms in total. The molecule has 12 heteroatoms. The fourth-order valence-electron chi connectivity index (χ4n) is 6.11. The average molecular weight is 656 g/mol. The maximum absolute atomic E-state index is 13.8.